The van der Waals surface area contributed by atoms with E-state index in [-0.39, 0.29) is 17.5 Å². The van der Waals surface area contributed by atoms with Crippen molar-refractivity contribution in [2.24, 2.45) is 0 Å². The maximum Gasteiger partial charge on any atom is 0.433 e. The highest BCUT2D eigenvalue weighted by atomic mass is 19.4. The molecule has 11 heteroatoms. The number of nitrogens with zero attached hydrogens (tertiary/aromatic N) is 5. The molecule has 0 spiro atoms. The summed E-state index contributed by atoms with van der Waals surface area (Å²) in [6.45, 7) is 4.89. The van der Waals surface area contributed by atoms with Crippen LogP contribution in [0.5, 0.6) is 0 Å². The molecule has 3 aromatic rings. The second-order valence-corrected chi connectivity index (χ2v) is 8.02. The van der Waals surface area contributed by atoms with Crippen LogP contribution in [0.1, 0.15) is 42.9 Å². The molecule has 8 nitrogen and oxygen atoms in total. The predicted molar refractivity (Wildman–Crippen MR) is 115 cm³/mol. The fraction of sp³-hybridized carbons (Fsp3) is 0.429. The minimum absolute atomic E-state index is 0.0212. The van der Waals surface area contributed by atoms with Crippen LogP contribution in [0.2, 0.25) is 0 Å². The number of pyridine rings is 2. The lowest BCUT2D eigenvalue weighted by molar-refractivity contribution is -0.141. The Balaban J connectivity index is 1.67. The number of aryl methyl sites for hydroxylation is 1. The third-order valence-electron chi connectivity index (χ3n) is 5.56. The van der Waals surface area contributed by atoms with Crippen molar-refractivity contribution in [3.05, 3.63) is 41.5 Å². The number of nitrogens with one attached hydrogen (secondary N) is 1. The number of fused-ring (bicyclic) bond motifs is 1. The highest BCUT2D eigenvalue weighted by molar-refractivity contribution is 5.92. The first-order valence-electron chi connectivity index (χ1n) is 10.3. The molecule has 0 radical (unpaired) electrons. The molecule has 0 aliphatic carbocycles. The number of alkyl halides is 3. The molecule has 170 valence electrons. The lowest BCUT2D eigenvalue weighted by Gasteiger charge is -2.31. The van der Waals surface area contributed by atoms with Crippen LogP contribution in [0, 0.1) is 6.92 Å². The maximum atomic E-state index is 13.1. The SMILES string of the molecule is Cc1nnc(N[C@H](C)c2cc(N)cc(C(F)(F)F)n2)c2cc(N3CCC(O)CC3)cnc12. The normalized spacial score (nSPS) is 16.4. The second-order valence-electron chi connectivity index (χ2n) is 8.02. The number of rotatable bonds is 4. The summed E-state index contributed by atoms with van der Waals surface area (Å²) in [5, 5.41) is 21.9. The summed E-state index contributed by atoms with van der Waals surface area (Å²) >= 11 is 0. The zero-order valence-electron chi connectivity index (χ0n) is 17.7. The molecular formula is C21H24F3N7O. The molecule has 4 N–H and O–H groups in total. The van der Waals surface area contributed by atoms with Crippen molar-refractivity contribution >= 4 is 28.1 Å². The van der Waals surface area contributed by atoms with Gasteiger partial charge in [0.1, 0.15) is 5.69 Å². The van der Waals surface area contributed by atoms with Crippen LogP contribution >= 0.6 is 0 Å². The number of hydrogen-bond donors (Lipinski definition) is 3. The molecule has 0 saturated carbocycles. The van der Waals surface area contributed by atoms with E-state index in [4.69, 9.17) is 5.73 Å². The molecule has 1 atom stereocenters. The van der Waals surface area contributed by atoms with Gasteiger partial charge in [-0.3, -0.25) is 4.98 Å². The Hall–Kier alpha value is -3.21. The zero-order valence-corrected chi connectivity index (χ0v) is 17.7. The van der Waals surface area contributed by atoms with Crippen LogP contribution in [-0.2, 0) is 6.18 Å². The van der Waals surface area contributed by atoms with Gasteiger partial charge >= 0.3 is 6.18 Å². The topological polar surface area (TPSA) is 113 Å². The number of nitrogen functional groups attached to an aromatic ring is 1. The predicted octanol–water partition coefficient (Wildman–Crippen LogP) is 3.46. The quantitative estimate of drug-likeness (QED) is 0.557. The van der Waals surface area contributed by atoms with Gasteiger partial charge in [-0.2, -0.15) is 18.3 Å². The fourth-order valence-electron chi connectivity index (χ4n) is 3.77. The number of nitrogens with two attached hydrogens (primary N) is 1. The van der Waals surface area contributed by atoms with Gasteiger partial charge in [0.15, 0.2) is 5.82 Å². The highest BCUT2D eigenvalue weighted by Gasteiger charge is 2.33. The number of aromatic nitrogens is 4. The van der Waals surface area contributed by atoms with Gasteiger partial charge in [0.05, 0.1) is 40.9 Å². The summed E-state index contributed by atoms with van der Waals surface area (Å²) in [6, 6.07) is 3.53. The van der Waals surface area contributed by atoms with Crippen molar-refractivity contribution < 1.29 is 18.3 Å². The summed E-state index contributed by atoms with van der Waals surface area (Å²) in [4.78, 5) is 10.4. The zero-order chi connectivity index (χ0) is 23.0. The molecule has 4 heterocycles. The number of piperidine rings is 1. The third-order valence-corrected chi connectivity index (χ3v) is 5.56. The molecule has 1 aliphatic rings. The monoisotopic (exact) mass is 447 g/mol. The van der Waals surface area contributed by atoms with Gasteiger partial charge < -0.3 is 21.1 Å². The van der Waals surface area contributed by atoms with Gasteiger partial charge in [-0.15, -0.1) is 5.10 Å². The fourth-order valence-corrected chi connectivity index (χ4v) is 3.77. The van der Waals surface area contributed by atoms with Gasteiger partial charge in [0.2, 0.25) is 0 Å². The molecule has 0 unspecified atom stereocenters. The first-order chi connectivity index (χ1) is 15.1. The first-order valence-corrected chi connectivity index (χ1v) is 10.3. The maximum absolute atomic E-state index is 13.1. The van der Waals surface area contributed by atoms with Gasteiger partial charge in [0, 0.05) is 24.2 Å². The molecule has 1 fully saturated rings. The summed E-state index contributed by atoms with van der Waals surface area (Å²) in [7, 11) is 0. The van der Waals surface area contributed by atoms with Crippen molar-refractivity contribution in [2.75, 3.05) is 29.0 Å². The minimum Gasteiger partial charge on any atom is -0.399 e. The molecule has 32 heavy (non-hydrogen) atoms. The number of halogens is 3. The van der Waals surface area contributed by atoms with Crippen LogP contribution in [0.4, 0.5) is 30.4 Å². The Morgan fingerprint density at radius 1 is 1.19 bits per heavy atom. The molecule has 0 amide bonds. The Kier molecular flexibility index (Phi) is 5.76. The molecule has 4 rings (SSSR count). The standard InChI is InChI=1S/C21H24F3N7O/c1-11(17-7-13(25)8-18(28-17)21(22,23)24)27-20-16-9-14(31-5-3-15(32)4-6-31)10-26-19(16)12(2)29-30-20/h7-11,15,32H,3-6H2,1-2H3,(H2,25,28)(H,27,30)/t11-/m1/s1. The summed E-state index contributed by atoms with van der Waals surface area (Å²) < 4.78 is 39.4. The van der Waals surface area contributed by atoms with Crippen molar-refractivity contribution in [3.63, 3.8) is 0 Å². The van der Waals surface area contributed by atoms with Gasteiger partial charge in [0.25, 0.3) is 0 Å². The van der Waals surface area contributed by atoms with Crippen LogP contribution in [0.15, 0.2) is 24.4 Å². The van der Waals surface area contributed by atoms with Gasteiger partial charge in [-0.1, -0.05) is 0 Å². The number of aliphatic hydroxyl groups is 1. The average molecular weight is 447 g/mol. The van der Waals surface area contributed by atoms with E-state index in [0.717, 1.165) is 11.8 Å². The lowest BCUT2D eigenvalue weighted by atomic mass is 10.1. The van der Waals surface area contributed by atoms with Crippen LogP contribution in [-0.4, -0.2) is 44.5 Å². The van der Waals surface area contributed by atoms with E-state index in [0.29, 0.717) is 48.3 Å². The van der Waals surface area contributed by atoms with Crippen molar-refractivity contribution in [1.29, 1.82) is 0 Å². The van der Waals surface area contributed by atoms with E-state index >= 15 is 0 Å². The summed E-state index contributed by atoms with van der Waals surface area (Å²) in [6.07, 6.45) is -1.77. The summed E-state index contributed by atoms with van der Waals surface area (Å²) in [5.74, 6) is 0.391. The molecule has 0 bridgehead atoms. The van der Waals surface area contributed by atoms with Crippen LogP contribution in [0.3, 0.4) is 0 Å². The molecule has 0 aromatic carbocycles. The van der Waals surface area contributed by atoms with Crippen molar-refractivity contribution in [3.8, 4) is 0 Å². The summed E-state index contributed by atoms with van der Waals surface area (Å²) in [5.41, 5.74) is 6.92. The minimum atomic E-state index is -4.60. The third kappa shape index (κ3) is 4.52. The average Bonchev–Trinajstić information content (AvgIpc) is 2.75. The molecule has 1 saturated heterocycles. The van der Waals surface area contributed by atoms with Crippen molar-refractivity contribution in [1.82, 2.24) is 20.2 Å². The van der Waals surface area contributed by atoms with Gasteiger partial charge in [-0.05, 0) is 44.9 Å². The molecule has 3 aromatic heterocycles. The lowest BCUT2D eigenvalue weighted by Crippen LogP contribution is -2.35. The molecular weight excluding hydrogens is 423 g/mol. The number of anilines is 3. The Morgan fingerprint density at radius 2 is 1.91 bits per heavy atom. The molecule has 1 aliphatic heterocycles. The van der Waals surface area contributed by atoms with E-state index in [1.165, 1.54) is 6.07 Å². The number of hydrogen-bond acceptors (Lipinski definition) is 8. The Bertz CT molecular complexity index is 1130. The van der Waals surface area contributed by atoms with E-state index in [1.54, 1.807) is 20.0 Å². The van der Waals surface area contributed by atoms with Crippen LogP contribution in [0.25, 0.3) is 10.9 Å². The van der Waals surface area contributed by atoms with Crippen LogP contribution < -0.4 is 16.0 Å². The van der Waals surface area contributed by atoms with Crippen molar-refractivity contribution in [2.45, 2.75) is 45.0 Å². The van der Waals surface area contributed by atoms with E-state index in [9.17, 15) is 18.3 Å². The largest absolute Gasteiger partial charge is 0.433 e. The van der Waals surface area contributed by atoms with Gasteiger partial charge in [-0.25, -0.2) is 4.98 Å². The first kappa shape index (κ1) is 22.0. The Morgan fingerprint density at radius 3 is 2.59 bits per heavy atom. The second kappa shape index (κ2) is 8.38. The smallest absolute Gasteiger partial charge is 0.399 e. The van der Waals surface area contributed by atoms with E-state index < -0.39 is 17.9 Å². The van der Waals surface area contributed by atoms with E-state index in [2.05, 4.69) is 30.4 Å². The van der Waals surface area contributed by atoms with E-state index in [1.807, 2.05) is 6.07 Å². The highest BCUT2D eigenvalue weighted by Crippen LogP contribution is 2.32. The Labute approximate surface area is 182 Å². The number of aliphatic hydroxyl groups excluding tert-OH is 1.